The van der Waals surface area contributed by atoms with Crippen molar-refractivity contribution in [2.75, 3.05) is 5.73 Å². The van der Waals surface area contributed by atoms with Crippen molar-refractivity contribution in [2.24, 2.45) is 5.41 Å². The minimum absolute atomic E-state index is 0.303. The summed E-state index contributed by atoms with van der Waals surface area (Å²) in [6, 6.07) is 5.77. The van der Waals surface area contributed by atoms with Crippen LogP contribution in [0.2, 0.25) is 0 Å². The molecule has 106 valence electrons. The summed E-state index contributed by atoms with van der Waals surface area (Å²) in [5.74, 6) is 0.775. The van der Waals surface area contributed by atoms with Crippen molar-refractivity contribution in [2.45, 2.75) is 39.2 Å². The molecule has 1 aliphatic rings. The highest BCUT2D eigenvalue weighted by molar-refractivity contribution is 9.10. The van der Waals surface area contributed by atoms with E-state index in [9.17, 15) is 0 Å². The first-order chi connectivity index (χ1) is 9.59. The SMILES string of the molecule is CC1(Cn2nnnc2-c2cccc(N)c2Br)CCCC1. The van der Waals surface area contributed by atoms with E-state index in [2.05, 4.69) is 38.4 Å². The molecule has 0 spiro atoms. The van der Waals surface area contributed by atoms with Gasteiger partial charge in [-0.1, -0.05) is 25.8 Å². The smallest absolute Gasteiger partial charge is 0.183 e. The predicted molar refractivity (Wildman–Crippen MR) is 81.9 cm³/mol. The Hall–Kier alpha value is -1.43. The number of hydrogen-bond acceptors (Lipinski definition) is 4. The molecule has 1 aromatic heterocycles. The standard InChI is InChI=1S/C14H18BrN5/c1-14(7-2-3-8-14)9-20-13(17-18-19-20)10-5-4-6-11(16)12(10)15/h4-6H,2-3,7-9,16H2,1H3. The topological polar surface area (TPSA) is 69.6 Å². The van der Waals surface area contributed by atoms with E-state index in [1.165, 1.54) is 25.7 Å². The molecule has 3 rings (SSSR count). The summed E-state index contributed by atoms with van der Waals surface area (Å²) in [6.45, 7) is 3.18. The fraction of sp³-hybridized carbons (Fsp3) is 0.500. The zero-order valence-electron chi connectivity index (χ0n) is 11.5. The zero-order chi connectivity index (χ0) is 14.2. The Kier molecular flexibility index (Phi) is 3.50. The highest BCUT2D eigenvalue weighted by Gasteiger charge is 2.30. The van der Waals surface area contributed by atoms with E-state index in [0.717, 1.165) is 22.4 Å². The van der Waals surface area contributed by atoms with Gasteiger partial charge in [0.15, 0.2) is 5.82 Å². The van der Waals surface area contributed by atoms with Gasteiger partial charge in [-0.05, 0) is 56.7 Å². The Bertz CT molecular complexity index is 616. The van der Waals surface area contributed by atoms with E-state index in [0.29, 0.717) is 11.1 Å². The number of nitrogens with zero attached hydrogens (tertiary/aromatic N) is 4. The van der Waals surface area contributed by atoms with Gasteiger partial charge in [0.05, 0.1) is 11.0 Å². The third-order valence-electron chi connectivity index (χ3n) is 4.14. The van der Waals surface area contributed by atoms with E-state index in [4.69, 9.17) is 5.73 Å². The molecule has 6 heteroatoms. The third-order valence-corrected chi connectivity index (χ3v) is 5.03. The molecule has 0 unspecified atom stereocenters. The second-order valence-electron chi connectivity index (χ2n) is 5.89. The van der Waals surface area contributed by atoms with Crippen molar-refractivity contribution in [3.63, 3.8) is 0 Å². The molecule has 5 nitrogen and oxygen atoms in total. The van der Waals surface area contributed by atoms with Gasteiger partial charge in [-0.2, -0.15) is 0 Å². The van der Waals surface area contributed by atoms with Crippen LogP contribution < -0.4 is 5.73 Å². The molecule has 1 saturated carbocycles. The Morgan fingerprint density at radius 1 is 1.35 bits per heavy atom. The van der Waals surface area contributed by atoms with Crippen molar-refractivity contribution in [3.05, 3.63) is 22.7 Å². The van der Waals surface area contributed by atoms with E-state index in [1.807, 2.05) is 22.9 Å². The van der Waals surface area contributed by atoms with Crippen molar-refractivity contribution >= 4 is 21.6 Å². The first kappa shape index (κ1) is 13.5. The predicted octanol–water partition coefficient (Wildman–Crippen LogP) is 3.27. The highest BCUT2D eigenvalue weighted by atomic mass is 79.9. The highest BCUT2D eigenvalue weighted by Crippen LogP contribution is 2.40. The van der Waals surface area contributed by atoms with Crippen LogP contribution in [0.15, 0.2) is 22.7 Å². The molecule has 0 bridgehead atoms. The van der Waals surface area contributed by atoms with Crippen LogP contribution in [0.1, 0.15) is 32.6 Å². The largest absolute Gasteiger partial charge is 0.398 e. The van der Waals surface area contributed by atoms with Gasteiger partial charge < -0.3 is 5.73 Å². The summed E-state index contributed by atoms with van der Waals surface area (Å²) in [5, 5.41) is 12.2. The van der Waals surface area contributed by atoms with Crippen LogP contribution in [0, 0.1) is 5.41 Å². The van der Waals surface area contributed by atoms with Gasteiger partial charge in [-0.3, -0.25) is 0 Å². The summed E-state index contributed by atoms with van der Waals surface area (Å²) in [6.07, 6.45) is 5.08. The van der Waals surface area contributed by atoms with E-state index < -0.39 is 0 Å². The molecule has 0 saturated heterocycles. The van der Waals surface area contributed by atoms with Gasteiger partial charge in [0.1, 0.15) is 0 Å². The zero-order valence-corrected chi connectivity index (χ0v) is 13.1. The van der Waals surface area contributed by atoms with Gasteiger partial charge >= 0.3 is 0 Å². The van der Waals surface area contributed by atoms with Gasteiger partial charge in [-0.15, -0.1) is 5.10 Å². The number of halogens is 1. The average molecular weight is 336 g/mol. The lowest BCUT2D eigenvalue weighted by Crippen LogP contribution is -2.21. The Labute approximate surface area is 126 Å². The van der Waals surface area contributed by atoms with Crippen LogP contribution in [0.4, 0.5) is 5.69 Å². The van der Waals surface area contributed by atoms with E-state index in [-0.39, 0.29) is 0 Å². The van der Waals surface area contributed by atoms with Gasteiger partial charge in [0, 0.05) is 11.3 Å². The number of tetrazole rings is 1. The molecule has 1 aliphatic carbocycles. The van der Waals surface area contributed by atoms with Crippen LogP contribution in [0.3, 0.4) is 0 Å². The lowest BCUT2D eigenvalue weighted by atomic mass is 9.89. The molecule has 1 fully saturated rings. The summed E-state index contributed by atoms with van der Waals surface area (Å²) in [7, 11) is 0. The molecule has 1 heterocycles. The fourth-order valence-corrected chi connectivity index (χ4v) is 3.42. The summed E-state index contributed by atoms with van der Waals surface area (Å²) < 4.78 is 2.76. The number of nitrogens with two attached hydrogens (primary N) is 1. The summed E-state index contributed by atoms with van der Waals surface area (Å²) in [4.78, 5) is 0. The van der Waals surface area contributed by atoms with Crippen LogP contribution in [0.5, 0.6) is 0 Å². The van der Waals surface area contributed by atoms with Crippen molar-refractivity contribution in [1.29, 1.82) is 0 Å². The summed E-state index contributed by atoms with van der Waals surface area (Å²) >= 11 is 3.53. The Morgan fingerprint density at radius 2 is 2.10 bits per heavy atom. The molecule has 0 amide bonds. The molecule has 2 aromatic rings. The van der Waals surface area contributed by atoms with Crippen LogP contribution in [0.25, 0.3) is 11.4 Å². The maximum Gasteiger partial charge on any atom is 0.183 e. The Morgan fingerprint density at radius 3 is 2.85 bits per heavy atom. The minimum atomic E-state index is 0.303. The number of anilines is 1. The maximum absolute atomic E-state index is 5.94. The number of benzene rings is 1. The first-order valence-corrected chi connectivity index (χ1v) is 7.69. The van der Waals surface area contributed by atoms with E-state index in [1.54, 1.807) is 0 Å². The van der Waals surface area contributed by atoms with Crippen LogP contribution in [-0.4, -0.2) is 20.2 Å². The van der Waals surface area contributed by atoms with Gasteiger partial charge in [0.2, 0.25) is 0 Å². The van der Waals surface area contributed by atoms with Gasteiger partial charge in [0.25, 0.3) is 0 Å². The molecule has 1 aromatic carbocycles. The second-order valence-corrected chi connectivity index (χ2v) is 6.68. The molecule has 0 aliphatic heterocycles. The molecule has 0 radical (unpaired) electrons. The van der Waals surface area contributed by atoms with Crippen molar-refractivity contribution < 1.29 is 0 Å². The molecule has 20 heavy (non-hydrogen) atoms. The molecular weight excluding hydrogens is 318 g/mol. The van der Waals surface area contributed by atoms with Crippen LogP contribution in [-0.2, 0) is 6.54 Å². The van der Waals surface area contributed by atoms with Crippen molar-refractivity contribution in [3.8, 4) is 11.4 Å². The molecule has 2 N–H and O–H groups in total. The molecule has 0 atom stereocenters. The first-order valence-electron chi connectivity index (χ1n) is 6.90. The molecular formula is C14H18BrN5. The fourth-order valence-electron chi connectivity index (χ4n) is 2.97. The number of rotatable bonds is 3. The van der Waals surface area contributed by atoms with E-state index >= 15 is 0 Å². The summed E-state index contributed by atoms with van der Waals surface area (Å²) in [5.41, 5.74) is 7.88. The lowest BCUT2D eigenvalue weighted by molar-refractivity contribution is 0.267. The Balaban J connectivity index is 1.96. The number of nitrogen functional groups attached to an aromatic ring is 1. The van der Waals surface area contributed by atoms with Crippen LogP contribution >= 0.6 is 15.9 Å². The minimum Gasteiger partial charge on any atom is -0.398 e. The lowest BCUT2D eigenvalue weighted by Gasteiger charge is -2.23. The maximum atomic E-state index is 5.94. The monoisotopic (exact) mass is 335 g/mol. The van der Waals surface area contributed by atoms with Crippen molar-refractivity contribution in [1.82, 2.24) is 20.2 Å². The normalized spacial score (nSPS) is 17.5. The number of aromatic nitrogens is 4. The van der Waals surface area contributed by atoms with Gasteiger partial charge in [-0.25, -0.2) is 4.68 Å². The second kappa shape index (κ2) is 5.16. The average Bonchev–Trinajstić information content (AvgIpc) is 3.03. The number of hydrogen-bond donors (Lipinski definition) is 1. The third kappa shape index (κ3) is 2.44. The quantitative estimate of drug-likeness (QED) is 0.874.